The third-order valence-corrected chi connectivity index (χ3v) is 0.529. The number of carbonyl (C=O) groups is 1. The van der Waals surface area contributed by atoms with Gasteiger partial charge in [0.2, 0.25) is 0 Å². The Kier molecular flexibility index (Phi) is 15.6. The number of rotatable bonds is 2. The molecule has 2 nitrogen and oxygen atoms in total. The van der Waals surface area contributed by atoms with Crippen molar-refractivity contribution in [1.82, 2.24) is 0 Å². The van der Waals surface area contributed by atoms with E-state index in [2.05, 4.69) is 4.74 Å². The molecular formula is C5H9Cl3O2. The van der Waals surface area contributed by atoms with E-state index in [-0.39, 0.29) is 5.34 Å². The van der Waals surface area contributed by atoms with Crippen LogP contribution in [0.4, 0.5) is 4.79 Å². The lowest BCUT2D eigenvalue weighted by molar-refractivity contribution is 0.173. The van der Waals surface area contributed by atoms with Crippen LogP contribution in [0.25, 0.3) is 0 Å². The van der Waals surface area contributed by atoms with E-state index in [1.54, 1.807) is 0 Å². The highest BCUT2D eigenvalue weighted by atomic mass is 35.5. The normalized spacial score (nSPS) is 7.60. The summed E-state index contributed by atoms with van der Waals surface area (Å²) in [6, 6.07) is 0. The van der Waals surface area contributed by atoms with Crippen molar-refractivity contribution >= 4 is 40.2 Å². The second-order valence-electron chi connectivity index (χ2n) is 1.19. The molecule has 0 saturated carbocycles. The van der Waals surface area contributed by atoms with Gasteiger partial charge < -0.3 is 4.74 Å². The van der Waals surface area contributed by atoms with E-state index in [1.807, 2.05) is 6.92 Å². The van der Waals surface area contributed by atoms with Gasteiger partial charge in [-0.05, 0) is 6.42 Å². The number of carbonyl (C=O) groups excluding carboxylic acids is 1. The highest BCUT2D eigenvalue weighted by molar-refractivity contribution is 6.61. The van der Waals surface area contributed by atoms with Crippen molar-refractivity contribution in [3.8, 4) is 0 Å². The van der Waals surface area contributed by atoms with E-state index >= 15 is 0 Å². The minimum absolute atomic E-state index is 0.194. The molecule has 0 saturated heterocycles. The summed E-state index contributed by atoms with van der Waals surface area (Å²) in [6.45, 7) is 2.32. The van der Waals surface area contributed by atoms with Gasteiger partial charge >= 0.3 is 5.43 Å². The first-order chi connectivity index (χ1) is 4.68. The lowest BCUT2D eigenvalue weighted by atomic mass is 10.5. The second kappa shape index (κ2) is 12.1. The lowest BCUT2D eigenvalue weighted by Crippen LogP contribution is -1.93. The summed E-state index contributed by atoms with van der Waals surface area (Å²) in [6.07, 6.45) is 0.818. The quantitative estimate of drug-likeness (QED) is 0.513. The first-order valence-corrected chi connectivity index (χ1v) is 4.07. The Balaban J connectivity index is 0. The summed E-state index contributed by atoms with van der Waals surface area (Å²) < 4.78 is 4.32. The standard InChI is InChI=1S/C4H7ClO2.CH2Cl2/c1-2-3-7-4(5)6;2-1-3/h2-3H2,1H3;1H2. The fourth-order valence-electron chi connectivity index (χ4n) is 0.182. The molecule has 0 N–H and O–H groups in total. The van der Waals surface area contributed by atoms with Crippen LogP contribution in [0.5, 0.6) is 0 Å². The van der Waals surface area contributed by atoms with Gasteiger partial charge in [-0.3, -0.25) is 0 Å². The summed E-state index contributed by atoms with van der Waals surface area (Å²) in [7, 11) is 0. The molecule has 0 heterocycles. The Bertz CT molecular complexity index is 77.3. The Morgan fingerprint density at radius 2 is 1.90 bits per heavy atom. The molecular weight excluding hydrogens is 198 g/mol. The topological polar surface area (TPSA) is 26.3 Å². The van der Waals surface area contributed by atoms with Crippen molar-refractivity contribution in [3.63, 3.8) is 0 Å². The number of alkyl halides is 2. The SMILES string of the molecule is CCCOC(=O)Cl.ClCCl. The molecule has 0 rings (SSSR count). The predicted molar refractivity (Wildman–Crippen MR) is 44.1 cm³/mol. The zero-order valence-electron chi connectivity index (χ0n) is 5.57. The zero-order valence-corrected chi connectivity index (χ0v) is 7.84. The van der Waals surface area contributed by atoms with Crippen LogP contribution in [0.3, 0.4) is 0 Å². The molecule has 0 aromatic heterocycles. The van der Waals surface area contributed by atoms with Crippen LogP contribution >= 0.6 is 34.8 Å². The van der Waals surface area contributed by atoms with Gasteiger partial charge in [0.05, 0.1) is 11.9 Å². The largest absolute Gasteiger partial charge is 0.454 e. The van der Waals surface area contributed by atoms with E-state index in [0.29, 0.717) is 6.61 Å². The number of hydrogen-bond acceptors (Lipinski definition) is 2. The molecule has 0 aromatic rings. The third-order valence-electron chi connectivity index (χ3n) is 0.420. The molecule has 5 heteroatoms. The van der Waals surface area contributed by atoms with E-state index in [4.69, 9.17) is 34.8 Å². The monoisotopic (exact) mass is 206 g/mol. The fourth-order valence-corrected chi connectivity index (χ4v) is 0.259. The first-order valence-electron chi connectivity index (χ1n) is 2.63. The molecule has 0 bridgehead atoms. The van der Waals surface area contributed by atoms with E-state index in [0.717, 1.165) is 6.42 Å². The average molecular weight is 207 g/mol. The number of ether oxygens (including phenoxy) is 1. The number of hydrogen-bond donors (Lipinski definition) is 0. The molecule has 0 aliphatic heterocycles. The van der Waals surface area contributed by atoms with Gasteiger partial charge in [0, 0.05) is 11.6 Å². The highest BCUT2D eigenvalue weighted by Crippen LogP contribution is 1.86. The molecule has 0 aromatic carbocycles. The molecule has 0 fully saturated rings. The van der Waals surface area contributed by atoms with Crippen molar-refractivity contribution in [2.75, 3.05) is 11.9 Å². The Morgan fingerprint density at radius 3 is 2.00 bits per heavy atom. The molecule has 0 radical (unpaired) electrons. The van der Waals surface area contributed by atoms with E-state index < -0.39 is 5.43 Å². The summed E-state index contributed by atoms with van der Waals surface area (Å²) in [5.41, 5.74) is -0.721. The van der Waals surface area contributed by atoms with Gasteiger partial charge in [-0.1, -0.05) is 6.92 Å². The molecule has 0 amide bonds. The maximum absolute atomic E-state index is 9.75. The van der Waals surface area contributed by atoms with Gasteiger partial charge in [-0.15, -0.1) is 23.2 Å². The maximum Gasteiger partial charge on any atom is 0.403 e. The van der Waals surface area contributed by atoms with Crippen molar-refractivity contribution in [2.24, 2.45) is 0 Å². The van der Waals surface area contributed by atoms with Gasteiger partial charge in [-0.25, -0.2) is 4.79 Å². The molecule has 0 spiro atoms. The van der Waals surface area contributed by atoms with Crippen molar-refractivity contribution in [3.05, 3.63) is 0 Å². The van der Waals surface area contributed by atoms with E-state index in [1.165, 1.54) is 0 Å². The smallest absolute Gasteiger partial charge is 0.403 e. The van der Waals surface area contributed by atoms with Gasteiger partial charge in [-0.2, -0.15) is 0 Å². The van der Waals surface area contributed by atoms with Gasteiger partial charge in [0.15, 0.2) is 0 Å². The van der Waals surface area contributed by atoms with Crippen LogP contribution in [0.1, 0.15) is 13.3 Å². The average Bonchev–Trinajstić information content (AvgIpc) is 1.85. The molecule has 10 heavy (non-hydrogen) atoms. The molecule has 0 aliphatic rings. The van der Waals surface area contributed by atoms with Crippen LogP contribution in [0, 0.1) is 0 Å². The van der Waals surface area contributed by atoms with Crippen molar-refractivity contribution < 1.29 is 9.53 Å². The predicted octanol–water partition coefficient (Wildman–Crippen LogP) is 3.19. The van der Waals surface area contributed by atoms with Crippen LogP contribution in [-0.2, 0) is 4.74 Å². The lowest BCUT2D eigenvalue weighted by Gasteiger charge is -1.91. The summed E-state index contributed by atoms with van der Waals surface area (Å²) >= 11 is 14.3. The molecule has 62 valence electrons. The summed E-state index contributed by atoms with van der Waals surface area (Å²) in [5.74, 6) is 0. The van der Waals surface area contributed by atoms with Crippen LogP contribution < -0.4 is 0 Å². The van der Waals surface area contributed by atoms with Crippen molar-refractivity contribution in [1.29, 1.82) is 0 Å². The number of halogens is 3. The highest BCUT2D eigenvalue weighted by Gasteiger charge is 1.89. The Morgan fingerprint density at radius 1 is 1.50 bits per heavy atom. The third kappa shape index (κ3) is 23.9. The van der Waals surface area contributed by atoms with Crippen molar-refractivity contribution in [2.45, 2.75) is 13.3 Å². The first kappa shape index (κ1) is 13.0. The van der Waals surface area contributed by atoms with Crippen LogP contribution in [-0.4, -0.2) is 17.4 Å². The minimum Gasteiger partial charge on any atom is -0.454 e. The van der Waals surface area contributed by atoms with E-state index in [9.17, 15) is 4.79 Å². The minimum atomic E-state index is -0.721. The van der Waals surface area contributed by atoms with Crippen LogP contribution in [0.2, 0.25) is 0 Å². The molecule has 0 atom stereocenters. The van der Waals surface area contributed by atoms with Gasteiger partial charge in [0.1, 0.15) is 0 Å². The molecule has 0 unspecified atom stereocenters. The summed E-state index contributed by atoms with van der Waals surface area (Å²) in [5, 5.41) is 0.194. The Hall–Kier alpha value is 0.340. The second-order valence-corrected chi connectivity index (χ2v) is 2.30. The fraction of sp³-hybridized carbons (Fsp3) is 0.800. The molecule has 0 aliphatic carbocycles. The maximum atomic E-state index is 9.75. The summed E-state index contributed by atoms with van der Waals surface area (Å²) in [4.78, 5) is 9.75. The van der Waals surface area contributed by atoms with Gasteiger partial charge in [0.25, 0.3) is 0 Å². The van der Waals surface area contributed by atoms with Crippen LogP contribution in [0.15, 0.2) is 0 Å². The zero-order chi connectivity index (χ0) is 8.41. The Labute approximate surface area is 75.4 Å².